The number of hydrogen-bond donors (Lipinski definition) is 2. The second kappa shape index (κ2) is 8.66. The molecule has 0 fully saturated rings. The van der Waals surface area contributed by atoms with Gasteiger partial charge < -0.3 is 14.0 Å². The van der Waals surface area contributed by atoms with E-state index in [-0.39, 0.29) is 24.7 Å². The van der Waals surface area contributed by atoms with E-state index < -0.39 is 17.9 Å². The first-order valence-electron chi connectivity index (χ1n) is 10.4. The number of hydrazine groups is 1. The topological polar surface area (TPSA) is 81.6 Å². The Kier molecular flexibility index (Phi) is 5.40. The Balaban J connectivity index is 1.33. The minimum absolute atomic E-state index is 0.0201. The maximum atomic E-state index is 14.3. The van der Waals surface area contributed by atoms with Crippen LogP contribution in [0, 0.1) is 5.82 Å². The monoisotopic (exact) mass is 445 g/mol. The van der Waals surface area contributed by atoms with Crippen molar-refractivity contribution >= 4 is 22.7 Å². The number of nitrogens with zero attached hydrogens (tertiary/aromatic N) is 1. The van der Waals surface area contributed by atoms with Crippen molar-refractivity contribution in [2.24, 2.45) is 0 Å². The quantitative estimate of drug-likeness (QED) is 0.472. The first-order chi connectivity index (χ1) is 16.1. The van der Waals surface area contributed by atoms with Crippen LogP contribution in [0.25, 0.3) is 10.9 Å². The molecule has 0 aliphatic carbocycles. The molecular formula is C25H20FN3O4. The Morgan fingerprint density at radius 2 is 1.67 bits per heavy atom. The van der Waals surface area contributed by atoms with Gasteiger partial charge in [-0.05, 0) is 30.3 Å². The summed E-state index contributed by atoms with van der Waals surface area (Å²) in [5.41, 5.74) is 6.34. The van der Waals surface area contributed by atoms with E-state index in [0.717, 1.165) is 10.9 Å². The maximum Gasteiger partial charge on any atom is 0.286 e. The zero-order valence-electron chi connectivity index (χ0n) is 17.5. The van der Waals surface area contributed by atoms with E-state index in [9.17, 15) is 14.0 Å². The fourth-order valence-electron chi connectivity index (χ4n) is 3.78. The number of carbonyl (C=O) groups is 2. The lowest BCUT2D eigenvalue weighted by atomic mass is 10.2. The number of nitrogens with one attached hydrogen (secondary N) is 2. The van der Waals surface area contributed by atoms with Crippen molar-refractivity contribution in [3.05, 3.63) is 95.9 Å². The third-order valence-corrected chi connectivity index (χ3v) is 5.43. The maximum absolute atomic E-state index is 14.3. The number of aromatic nitrogens is 1. The van der Waals surface area contributed by atoms with E-state index in [1.54, 1.807) is 47.0 Å². The minimum atomic E-state index is -0.913. The van der Waals surface area contributed by atoms with Crippen molar-refractivity contribution in [2.75, 3.05) is 6.61 Å². The van der Waals surface area contributed by atoms with E-state index in [4.69, 9.17) is 9.47 Å². The Bertz CT molecular complexity index is 1350. The summed E-state index contributed by atoms with van der Waals surface area (Å²) >= 11 is 0. The predicted molar refractivity (Wildman–Crippen MR) is 119 cm³/mol. The molecule has 1 atom stereocenters. The highest BCUT2D eigenvalue weighted by atomic mass is 19.1. The van der Waals surface area contributed by atoms with E-state index in [0.29, 0.717) is 17.1 Å². The van der Waals surface area contributed by atoms with Crippen LogP contribution in [0.15, 0.2) is 78.9 Å². The molecule has 1 aromatic heterocycles. The van der Waals surface area contributed by atoms with Crippen LogP contribution in [0.5, 0.6) is 11.5 Å². The molecule has 0 spiro atoms. The SMILES string of the molecule is O=C(NNC(=O)C1COc2ccccc2O1)c1cc2ccccc2n1Cc1ccccc1F. The number of para-hydroxylation sites is 3. The molecule has 2 heterocycles. The summed E-state index contributed by atoms with van der Waals surface area (Å²) in [6.45, 7) is 0.180. The van der Waals surface area contributed by atoms with Crippen LogP contribution in [0.2, 0.25) is 0 Å². The first-order valence-corrected chi connectivity index (χ1v) is 10.4. The highest BCUT2D eigenvalue weighted by Crippen LogP contribution is 2.30. The summed E-state index contributed by atoms with van der Waals surface area (Å²) in [7, 11) is 0. The second-order valence-electron chi connectivity index (χ2n) is 7.57. The van der Waals surface area contributed by atoms with Crippen LogP contribution in [0.3, 0.4) is 0 Å². The molecule has 1 aliphatic heterocycles. The lowest BCUT2D eigenvalue weighted by Gasteiger charge is -2.25. The van der Waals surface area contributed by atoms with Gasteiger partial charge in [-0.15, -0.1) is 0 Å². The molecule has 1 unspecified atom stereocenters. The summed E-state index contributed by atoms with van der Waals surface area (Å²) in [5, 5.41) is 0.825. The van der Waals surface area contributed by atoms with Gasteiger partial charge in [-0.3, -0.25) is 20.4 Å². The second-order valence-corrected chi connectivity index (χ2v) is 7.57. The molecule has 33 heavy (non-hydrogen) atoms. The lowest BCUT2D eigenvalue weighted by molar-refractivity contribution is -0.131. The van der Waals surface area contributed by atoms with Gasteiger partial charge in [0, 0.05) is 16.5 Å². The van der Waals surface area contributed by atoms with Gasteiger partial charge in [0.1, 0.15) is 18.1 Å². The van der Waals surface area contributed by atoms with Crippen LogP contribution < -0.4 is 20.3 Å². The average Bonchev–Trinajstić information content (AvgIpc) is 3.22. The Hall–Kier alpha value is -4.33. The van der Waals surface area contributed by atoms with E-state index in [1.807, 2.05) is 30.3 Å². The fourth-order valence-corrected chi connectivity index (χ4v) is 3.78. The average molecular weight is 445 g/mol. The zero-order chi connectivity index (χ0) is 22.8. The zero-order valence-corrected chi connectivity index (χ0v) is 17.5. The van der Waals surface area contributed by atoms with E-state index >= 15 is 0 Å². The number of hydrogen-bond acceptors (Lipinski definition) is 4. The van der Waals surface area contributed by atoms with E-state index in [1.165, 1.54) is 6.07 Å². The molecule has 7 nitrogen and oxygen atoms in total. The third-order valence-electron chi connectivity index (χ3n) is 5.43. The first kappa shape index (κ1) is 20.6. The van der Waals surface area contributed by atoms with Crippen molar-refractivity contribution in [2.45, 2.75) is 12.6 Å². The van der Waals surface area contributed by atoms with Gasteiger partial charge in [0.25, 0.3) is 11.8 Å². The Labute approximate surface area is 188 Å². The molecule has 2 N–H and O–H groups in total. The normalized spacial score (nSPS) is 14.6. The van der Waals surface area contributed by atoms with E-state index in [2.05, 4.69) is 10.9 Å². The molecule has 8 heteroatoms. The van der Waals surface area contributed by atoms with Gasteiger partial charge in [0.15, 0.2) is 11.5 Å². The van der Waals surface area contributed by atoms with Crippen LogP contribution >= 0.6 is 0 Å². The summed E-state index contributed by atoms with van der Waals surface area (Å²) < 4.78 is 27.2. The highest BCUT2D eigenvalue weighted by Gasteiger charge is 2.28. The minimum Gasteiger partial charge on any atom is -0.485 e. The number of benzene rings is 3. The van der Waals surface area contributed by atoms with Crippen molar-refractivity contribution in [1.29, 1.82) is 0 Å². The molecule has 2 amide bonds. The molecule has 5 rings (SSSR count). The van der Waals surface area contributed by atoms with Crippen molar-refractivity contribution in [1.82, 2.24) is 15.4 Å². The number of rotatable bonds is 4. The van der Waals surface area contributed by atoms with Gasteiger partial charge in [-0.25, -0.2) is 4.39 Å². The van der Waals surface area contributed by atoms with Crippen molar-refractivity contribution < 1.29 is 23.5 Å². The molecule has 0 bridgehead atoms. The largest absolute Gasteiger partial charge is 0.485 e. The lowest BCUT2D eigenvalue weighted by Crippen LogP contribution is -2.51. The van der Waals surface area contributed by atoms with Gasteiger partial charge in [0.05, 0.1) is 6.54 Å². The summed E-state index contributed by atoms with van der Waals surface area (Å²) in [4.78, 5) is 25.5. The molecule has 166 valence electrons. The van der Waals surface area contributed by atoms with Gasteiger partial charge in [-0.1, -0.05) is 48.5 Å². The van der Waals surface area contributed by atoms with Gasteiger partial charge >= 0.3 is 0 Å². The highest BCUT2D eigenvalue weighted by molar-refractivity contribution is 5.99. The standard InChI is InChI=1S/C25H20FN3O4/c26-18-9-3-1-8-17(18)14-29-19-10-4-2-7-16(19)13-20(29)24(30)27-28-25(31)23-15-32-21-11-5-6-12-22(21)33-23/h1-13,23H,14-15H2,(H,27,30)(H,28,31). The number of amides is 2. The molecule has 0 radical (unpaired) electrons. The Morgan fingerprint density at radius 1 is 0.939 bits per heavy atom. The smallest absolute Gasteiger partial charge is 0.286 e. The van der Waals surface area contributed by atoms with Crippen LogP contribution in [-0.2, 0) is 11.3 Å². The van der Waals surface area contributed by atoms with Crippen LogP contribution in [-0.4, -0.2) is 29.1 Å². The number of fused-ring (bicyclic) bond motifs is 2. The molecule has 3 aromatic carbocycles. The van der Waals surface area contributed by atoms with Crippen molar-refractivity contribution in [3.8, 4) is 11.5 Å². The summed E-state index contributed by atoms with van der Waals surface area (Å²) in [5.74, 6) is -0.421. The van der Waals surface area contributed by atoms with Crippen LogP contribution in [0.1, 0.15) is 16.1 Å². The van der Waals surface area contributed by atoms with Gasteiger partial charge in [0.2, 0.25) is 6.10 Å². The summed E-state index contributed by atoms with van der Waals surface area (Å²) in [6, 6.07) is 22.6. The molecule has 0 saturated heterocycles. The van der Waals surface area contributed by atoms with Crippen LogP contribution in [0.4, 0.5) is 4.39 Å². The fraction of sp³-hybridized carbons (Fsp3) is 0.120. The molecule has 1 aliphatic rings. The number of carbonyl (C=O) groups excluding carboxylic acids is 2. The Morgan fingerprint density at radius 3 is 2.52 bits per heavy atom. The molecule has 4 aromatic rings. The number of ether oxygens (including phenoxy) is 2. The third kappa shape index (κ3) is 4.10. The van der Waals surface area contributed by atoms with Gasteiger partial charge in [-0.2, -0.15) is 0 Å². The summed E-state index contributed by atoms with van der Waals surface area (Å²) in [6.07, 6.45) is -0.913. The molecule has 0 saturated carbocycles. The van der Waals surface area contributed by atoms with Crippen molar-refractivity contribution in [3.63, 3.8) is 0 Å². The predicted octanol–water partition coefficient (Wildman–Crippen LogP) is 3.43. The number of halogens is 1. The molecular weight excluding hydrogens is 425 g/mol.